The molecule has 2 rings (SSSR count). The van der Waals surface area contributed by atoms with Gasteiger partial charge in [-0.05, 0) is 32.0 Å². The molecular weight excluding hydrogens is 188 g/mol. The monoisotopic (exact) mass is 208 g/mol. The van der Waals surface area contributed by atoms with E-state index in [4.69, 9.17) is 5.73 Å². The summed E-state index contributed by atoms with van der Waals surface area (Å²) in [5.74, 6) is 0. The van der Waals surface area contributed by atoms with Crippen molar-refractivity contribution in [3.8, 4) is 0 Å². The van der Waals surface area contributed by atoms with Crippen molar-refractivity contribution in [3.63, 3.8) is 0 Å². The molecule has 1 aliphatic rings. The van der Waals surface area contributed by atoms with E-state index < -0.39 is 0 Å². The summed E-state index contributed by atoms with van der Waals surface area (Å²) in [7, 11) is 0. The highest BCUT2D eigenvalue weighted by atomic mass is 15.2. The van der Waals surface area contributed by atoms with Crippen molar-refractivity contribution in [2.45, 2.75) is 38.8 Å². The van der Waals surface area contributed by atoms with E-state index in [0.717, 1.165) is 17.9 Å². The Morgan fingerprint density at radius 1 is 1.60 bits per heavy atom. The van der Waals surface area contributed by atoms with E-state index in [0.29, 0.717) is 12.6 Å². The van der Waals surface area contributed by atoms with Gasteiger partial charge in [0.25, 0.3) is 0 Å². The molecule has 84 valence electrons. The van der Waals surface area contributed by atoms with Gasteiger partial charge in [0.2, 0.25) is 0 Å². The van der Waals surface area contributed by atoms with Crippen LogP contribution >= 0.6 is 0 Å². The molecule has 4 heteroatoms. The van der Waals surface area contributed by atoms with Crippen LogP contribution in [0.3, 0.4) is 0 Å². The molecule has 1 unspecified atom stereocenters. The fourth-order valence-electron chi connectivity index (χ4n) is 2.36. The fourth-order valence-corrected chi connectivity index (χ4v) is 2.36. The van der Waals surface area contributed by atoms with Crippen LogP contribution < -0.4 is 5.73 Å². The van der Waals surface area contributed by atoms with Gasteiger partial charge in [-0.1, -0.05) is 13.3 Å². The van der Waals surface area contributed by atoms with Crippen molar-refractivity contribution >= 4 is 0 Å². The molecular formula is C11H20N4. The molecule has 0 saturated carbocycles. The Morgan fingerprint density at radius 3 is 3.13 bits per heavy atom. The van der Waals surface area contributed by atoms with Crippen LogP contribution in [0.4, 0.5) is 0 Å². The van der Waals surface area contributed by atoms with Crippen molar-refractivity contribution in [2.24, 2.45) is 5.73 Å². The SMILES string of the molecule is CCN1CCCCC1c1cc(CN)[nH]n1. The average Bonchev–Trinajstić information content (AvgIpc) is 2.77. The summed E-state index contributed by atoms with van der Waals surface area (Å²) in [4.78, 5) is 2.50. The van der Waals surface area contributed by atoms with Crippen LogP contribution in [0.2, 0.25) is 0 Å². The van der Waals surface area contributed by atoms with Gasteiger partial charge in [-0.3, -0.25) is 10.00 Å². The van der Waals surface area contributed by atoms with Crippen LogP contribution in [0, 0.1) is 0 Å². The Hall–Kier alpha value is -0.870. The van der Waals surface area contributed by atoms with Crippen molar-refractivity contribution < 1.29 is 0 Å². The number of aromatic amines is 1. The molecule has 1 aromatic rings. The fraction of sp³-hybridized carbons (Fsp3) is 0.727. The van der Waals surface area contributed by atoms with Crippen LogP contribution in [-0.4, -0.2) is 28.2 Å². The third-order valence-electron chi connectivity index (χ3n) is 3.23. The van der Waals surface area contributed by atoms with E-state index in [9.17, 15) is 0 Å². The second-order valence-corrected chi connectivity index (χ2v) is 4.16. The number of piperidine rings is 1. The van der Waals surface area contributed by atoms with Gasteiger partial charge < -0.3 is 5.73 Å². The molecule has 0 amide bonds. The highest BCUT2D eigenvalue weighted by Crippen LogP contribution is 2.29. The molecule has 0 radical (unpaired) electrons. The Bertz CT molecular complexity index is 307. The Morgan fingerprint density at radius 2 is 2.47 bits per heavy atom. The number of likely N-dealkylation sites (tertiary alicyclic amines) is 1. The molecule has 1 atom stereocenters. The van der Waals surface area contributed by atoms with Gasteiger partial charge in [0.05, 0.1) is 11.7 Å². The predicted octanol–water partition coefficient (Wildman–Crippen LogP) is 1.42. The van der Waals surface area contributed by atoms with E-state index in [1.54, 1.807) is 0 Å². The maximum atomic E-state index is 5.57. The molecule has 15 heavy (non-hydrogen) atoms. The van der Waals surface area contributed by atoms with E-state index in [1.165, 1.54) is 25.8 Å². The molecule has 1 aliphatic heterocycles. The quantitative estimate of drug-likeness (QED) is 0.789. The Balaban J connectivity index is 2.12. The zero-order chi connectivity index (χ0) is 10.7. The smallest absolute Gasteiger partial charge is 0.0797 e. The Labute approximate surface area is 90.8 Å². The van der Waals surface area contributed by atoms with Gasteiger partial charge in [0.15, 0.2) is 0 Å². The van der Waals surface area contributed by atoms with Crippen LogP contribution in [0.5, 0.6) is 0 Å². The van der Waals surface area contributed by atoms with Crippen LogP contribution in [0.1, 0.15) is 43.6 Å². The second kappa shape index (κ2) is 4.77. The van der Waals surface area contributed by atoms with Gasteiger partial charge in [-0.15, -0.1) is 0 Å². The van der Waals surface area contributed by atoms with E-state index in [2.05, 4.69) is 28.1 Å². The summed E-state index contributed by atoms with van der Waals surface area (Å²) >= 11 is 0. The molecule has 0 spiro atoms. The highest BCUT2D eigenvalue weighted by molar-refractivity contribution is 5.13. The van der Waals surface area contributed by atoms with Crippen molar-refractivity contribution in [3.05, 3.63) is 17.5 Å². The minimum absolute atomic E-state index is 0.500. The summed E-state index contributed by atoms with van der Waals surface area (Å²) in [5.41, 5.74) is 7.77. The molecule has 2 heterocycles. The normalized spacial score (nSPS) is 23.2. The van der Waals surface area contributed by atoms with Crippen molar-refractivity contribution in [1.29, 1.82) is 0 Å². The maximum absolute atomic E-state index is 5.57. The van der Waals surface area contributed by atoms with Gasteiger partial charge in [0, 0.05) is 12.2 Å². The first kappa shape index (κ1) is 10.6. The molecule has 3 N–H and O–H groups in total. The number of nitrogens with one attached hydrogen (secondary N) is 1. The predicted molar refractivity (Wildman–Crippen MR) is 60.3 cm³/mol. The van der Waals surface area contributed by atoms with Crippen LogP contribution in [-0.2, 0) is 6.54 Å². The van der Waals surface area contributed by atoms with Gasteiger partial charge in [-0.25, -0.2) is 0 Å². The number of hydrogen-bond donors (Lipinski definition) is 2. The third-order valence-corrected chi connectivity index (χ3v) is 3.23. The summed E-state index contributed by atoms with van der Waals surface area (Å²) in [5, 5.41) is 7.36. The van der Waals surface area contributed by atoms with Crippen molar-refractivity contribution in [1.82, 2.24) is 15.1 Å². The molecule has 1 saturated heterocycles. The van der Waals surface area contributed by atoms with E-state index in [-0.39, 0.29) is 0 Å². The van der Waals surface area contributed by atoms with E-state index in [1.807, 2.05) is 0 Å². The molecule has 1 aromatic heterocycles. The average molecular weight is 208 g/mol. The maximum Gasteiger partial charge on any atom is 0.0797 e. The van der Waals surface area contributed by atoms with Gasteiger partial charge in [0.1, 0.15) is 0 Å². The number of H-pyrrole nitrogens is 1. The van der Waals surface area contributed by atoms with Crippen LogP contribution in [0.25, 0.3) is 0 Å². The Kier molecular flexibility index (Phi) is 3.38. The summed E-state index contributed by atoms with van der Waals surface area (Å²) in [6.07, 6.45) is 3.85. The lowest BCUT2D eigenvalue weighted by molar-refractivity contribution is 0.154. The highest BCUT2D eigenvalue weighted by Gasteiger charge is 2.24. The third kappa shape index (κ3) is 2.21. The first-order chi connectivity index (χ1) is 7.35. The second-order valence-electron chi connectivity index (χ2n) is 4.16. The molecule has 4 nitrogen and oxygen atoms in total. The van der Waals surface area contributed by atoms with Gasteiger partial charge in [-0.2, -0.15) is 5.10 Å². The molecule has 0 bridgehead atoms. The molecule has 0 aromatic carbocycles. The lowest BCUT2D eigenvalue weighted by atomic mass is 9.99. The topological polar surface area (TPSA) is 57.9 Å². The summed E-state index contributed by atoms with van der Waals surface area (Å²) in [6, 6.07) is 2.61. The number of aromatic nitrogens is 2. The number of nitrogens with zero attached hydrogens (tertiary/aromatic N) is 2. The molecule has 0 aliphatic carbocycles. The minimum atomic E-state index is 0.500. The largest absolute Gasteiger partial charge is 0.325 e. The van der Waals surface area contributed by atoms with Gasteiger partial charge >= 0.3 is 0 Å². The lowest BCUT2D eigenvalue weighted by Gasteiger charge is -2.33. The van der Waals surface area contributed by atoms with E-state index >= 15 is 0 Å². The first-order valence-electron chi connectivity index (χ1n) is 5.83. The zero-order valence-corrected chi connectivity index (χ0v) is 9.37. The number of rotatable bonds is 3. The standard InChI is InChI=1S/C11H20N4/c1-2-15-6-4-3-5-11(15)10-7-9(8-12)13-14-10/h7,11H,2-6,8,12H2,1H3,(H,13,14). The number of hydrogen-bond acceptors (Lipinski definition) is 3. The minimum Gasteiger partial charge on any atom is -0.325 e. The summed E-state index contributed by atoms with van der Waals surface area (Å²) in [6.45, 7) is 5.07. The molecule has 1 fully saturated rings. The van der Waals surface area contributed by atoms with Crippen molar-refractivity contribution in [2.75, 3.05) is 13.1 Å². The summed E-state index contributed by atoms with van der Waals surface area (Å²) < 4.78 is 0. The van der Waals surface area contributed by atoms with Crippen LogP contribution in [0.15, 0.2) is 6.07 Å². The lowest BCUT2D eigenvalue weighted by Crippen LogP contribution is -2.33. The first-order valence-corrected chi connectivity index (χ1v) is 5.83. The zero-order valence-electron chi connectivity index (χ0n) is 9.37. The number of nitrogens with two attached hydrogens (primary N) is 1.